The molecule has 37 heavy (non-hydrogen) atoms. The molecule has 0 saturated carbocycles. The summed E-state index contributed by atoms with van der Waals surface area (Å²) in [6.07, 6.45) is 9.37. The molecule has 0 aliphatic rings. The van der Waals surface area contributed by atoms with Crippen molar-refractivity contribution in [2.75, 3.05) is 7.11 Å². The lowest BCUT2D eigenvalue weighted by Crippen LogP contribution is -2.31. The predicted molar refractivity (Wildman–Crippen MR) is 147 cm³/mol. The van der Waals surface area contributed by atoms with Gasteiger partial charge in [0.05, 0.1) is 35.9 Å². The maximum atomic E-state index is 12.3. The largest absolute Gasteiger partial charge is 0.481 e. The Balaban J connectivity index is 1.71. The van der Waals surface area contributed by atoms with E-state index in [0.717, 1.165) is 16.7 Å². The number of benzene rings is 3. The van der Waals surface area contributed by atoms with Crippen LogP contribution in [-0.4, -0.2) is 26.8 Å². The summed E-state index contributed by atoms with van der Waals surface area (Å²) in [4.78, 5) is 8.96. The van der Waals surface area contributed by atoms with E-state index in [9.17, 15) is 5.11 Å². The molecular weight excluding hydrogens is 505 g/mol. The second-order valence-electron chi connectivity index (χ2n) is 8.77. The van der Waals surface area contributed by atoms with Crippen molar-refractivity contribution < 1.29 is 9.84 Å². The number of terminal acetylenes is 1. The number of aryl methyl sites for hydroxylation is 1. The fourth-order valence-electron chi connectivity index (χ4n) is 4.62. The lowest BCUT2D eigenvalue weighted by Gasteiger charge is -2.30. The summed E-state index contributed by atoms with van der Waals surface area (Å²) in [6, 6.07) is 20.4. The standard InChI is InChI=1S/C30H23Cl2N3O2/c1-4-19-6-5-7-20(14-19)15-25-28(32)24-16-22(10-13-26(24)34-29(25)37-3)30(36,27-17-33-18-35(27)2)21-8-11-23(31)12-9-21/h1,5-14,16-18,36H,15H2,2-3H3. The smallest absolute Gasteiger partial charge is 0.218 e. The molecule has 0 bridgehead atoms. The zero-order chi connectivity index (χ0) is 26.2. The molecule has 2 heterocycles. The first kappa shape index (κ1) is 24.9. The van der Waals surface area contributed by atoms with Crippen molar-refractivity contribution in [1.29, 1.82) is 0 Å². The van der Waals surface area contributed by atoms with Gasteiger partial charge in [-0.15, -0.1) is 6.42 Å². The zero-order valence-corrected chi connectivity index (χ0v) is 21.8. The molecule has 0 amide bonds. The van der Waals surface area contributed by atoms with Crippen LogP contribution in [0.15, 0.2) is 79.3 Å². The van der Waals surface area contributed by atoms with Crippen LogP contribution < -0.4 is 4.74 Å². The van der Waals surface area contributed by atoms with Crippen LogP contribution in [0.4, 0.5) is 0 Å². The van der Waals surface area contributed by atoms with E-state index >= 15 is 0 Å². The van der Waals surface area contributed by atoms with Gasteiger partial charge in [-0.25, -0.2) is 9.97 Å². The van der Waals surface area contributed by atoms with Gasteiger partial charge in [0.25, 0.3) is 0 Å². The van der Waals surface area contributed by atoms with Gasteiger partial charge in [-0.2, -0.15) is 0 Å². The molecule has 184 valence electrons. The predicted octanol–water partition coefficient (Wildman–Crippen LogP) is 6.14. The number of halogens is 2. The van der Waals surface area contributed by atoms with Crippen molar-refractivity contribution in [3.05, 3.63) is 123 Å². The molecule has 0 aliphatic heterocycles. The van der Waals surface area contributed by atoms with Gasteiger partial charge in [-0.3, -0.25) is 0 Å². The number of nitrogens with zero attached hydrogens (tertiary/aromatic N) is 3. The highest BCUT2D eigenvalue weighted by molar-refractivity contribution is 6.36. The minimum atomic E-state index is -1.52. The third-order valence-corrected chi connectivity index (χ3v) is 7.20. The van der Waals surface area contributed by atoms with E-state index in [1.165, 1.54) is 0 Å². The first-order chi connectivity index (χ1) is 17.8. The van der Waals surface area contributed by atoms with Crippen LogP contribution in [0, 0.1) is 12.3 Å². The molecule has 5 aromatic rings. The third kappa shape index (κ3) is 4.45. The van der Waals surface area contributed by atoms with Gasteiger partial charge >= 0.3 is 0 Å². The highest BCUT2D eigenvalue weighted by Gasteiger charge is 2.37. The Labute approximate surface area is 225 Å². The summed E-state index contributed by atoms with van der Waals surface area (Å²) in [5, 5.41) is 14.1. The summed E-state index contributed by atoms with van der Waals surface area (Å²) in [5.41, 5.74) is 3.48. The molecule has 2 aromatic heterocycles. The number of ether oxygens (including phenoxy) is 1. The Hall–Kier alpha value is -3.82. The molecule has 7 heteroatoms. The average molecular weight is 528 g/mol. The second kappa shape index (κ2) is 9.91. The lowest BCUT2D eigenvalue weighted by molar-refractivity contribution is 0.117. The first-order valence-corrected chi connectivity index (χ1v) is 12.3. The number of methoxy groups -OCH3 is 1. The molecule has 1 unspecified atom stereocenters. The molecule has 1 atom stereocenters. The number of pyridine rings is 1. The topological polar surface area (TPSA) is 60.2 Å². The quantitative estimate of drug-likeness (QED) is 0.269. The van der Waals surface area contributed by atoms with Crippen molar-refractivity contribution in [3.8, 4) is 18.2 Å². The van der Waals surface area contributed by atoms with Gasteiger partial charge in [-0.05, 0) is 53.1 Å². The minimum absolute atomic E-state index is 0.441. The van der Waals surface area contributed by atoms with Gasteiger partial charge < -0.3 is 14.4 Å². The monoisotopic (exact) mass is 527 g/mol. The van der Waals surface area contributed by atoms with Crippen molar-refractivity contribution in [3.63, 3.8) is 0 Å². The molecule has 0 spiro atoms. The number of imidazole rings is 1. The van der Waals surface area contributed by atoms with Crippen LogP contribution in [0.1, 0.15) is 33.5 Å². The second-order valence-corrected chi connectivity index (χ2v) is 9.59. The summed E-state index contributed by atoms with van der Waals surface area (Å²) < 4.78 is 7.39. The van der Waals surface area contributed by atoms with Gasteiger partial charge in [0, 0.05) is 35.0 Å². The minimum Gasteiger partial charge on any atom is -0.481 e. The van der Waals surface area contributed by atoms with Crippen molar-refractivity contribution in [2.24, 2.45) is 7.05 Å². The lowest BCUT2D eigenvalue weighted by atomic mass is 9.83. The zero-order valence-electron chi connectivity index (χ0n) is 20.2. The van der Waals surface area contributed by atoms with E-state index in [0.29, 0.717) is 50.1 Å². The Bertz CT molecular complexity index is 1650. The highest BCUT2D eigenvalue weighted by Crippen LogP contribution is 2.40. The summed E-state index contributed by atoms with van der Waals surface area (Å²) >= 11 is 13.2. The average Bonchev–Trinajstić information content (AvgIpc) is 3.36. The van der Waals surface area contributed by atoms with Gasteiger partial charge in [0.2, 0.25) is 5.88 Å². The van der Waals surface area contributed by atoms with E-state index in [2.05, 4.69) is 10.9 Å². The van der Waals surface area contributed by atoms with E-state index in [4.69, 9.17) is 39.3 Å². The molecule has 5 nitrogen and oxygen atoms in total. The highest BCUT2D eigenvalue weighted by atomic mass is 35.5. The molecule has 0 radical (unpaired) electrons. The number of hydrogen-bond donors (Lipinski definition) is 1. The SMILES string of the molecule is C#Cc1cccc(Cc2c(OC)nc3ccc(C(O)(c4ccc(Cl)cc4)c4cncn4C)cc3c2Cl)c1. The maximum Gasteiger partial charge on any atom is 0.218 e. The Morgan fingerprint density at radius 3 is 2.49 bits per heavy atom. The molecule has 5 rings (SSSR count). The number of hydrogen-bond acceptors (Lipinski definition) is 4. The molecule has 0 aliphatic carbocycles. The fraction of sp³-hybridized carbons (Fsp3) is 0.133. The van der Waals surface area contributed by atoms with Crippen LogP contribution in [0.3, 0.4) is 0 Å². The third-order valence-electron chi connectivity index (χ3n) is 6.51. The Kier molecular flexibility index (Phi) is 6.66. The molecular formula is C30H23Cl2N3O2. The molecule has 1 N–H and O–H groups in total. The van der Waals surface area contributed by atoms with E-state index in [-0.39, 0.29) is 0 Å². The van der Waals surface area contributed by atoms with E-state index in [1.807, 2.05) is 49.5 Å². The summed E-state index contributed by atoms with van der Waals surface area (Å²) in [6.45, 7) is 0. The van der Waals surface area contributed by atoms with Crippen LogP contribution >= 0.6 is 23.2 Å². The normalized spacial score (nSPS) is 12.8. The first-order valence-electron chi connectivity index (χ1n) is 11.5. The number of fused-ring (bicyclic) bond motifs is 1. The van der Waals surface area contributed by atoms with Crippen LogP contribution in [0.25, 0.3) is 10.9 Å². The van der Waals surface area contributed by atoms with Gasteiger partial charge in [0.1, 0.15) is 0 Å². The van der Waals surface area contributed by atoms with Crippen molar-refractivity contribution >= 4 is 34.1 Å². The number of aliphatic hydroxyl groups is 1. The number of rotatable bonds is 6. The molecule has 0 fully saturated rings. The van der Waals surface area contributed by atoms with Gasteiger partial charge in [-0.1, -0.05) is 59.5 Å². The van der Waals surface area contributed by atoms with Crippen molar-refractivity contribution in [2.45, 2.75) is 12.0 Å². The molecule has 3 aromatic carbocycles. The Morgan fingerprint density at radius 2 is 1.81 bits per heavy atom. The van der Waals surface area contributed by atoms with Crippen molar-refractivity contribution in [1.82, 2.24) is 14.5 Å². The Morgan fingerprint density at radius 1 is 1.05 bits per heavy atom. The number of aromatic nitrogens is 3. The van der Waals surface area contributed by atoms with E-state index in [1.54, 1.807) is 48.5 Å². The molecule has 0 saturated heterocycles. The summed E-state index contributed by atoms with van der Waals surface area (Å²) in [7, 11) is 3.41. The van der Waals surface area contributed by atoms with Gasteiger partial charge in [0.15, 0.2) is 5.60 Å². The van der Waals surface area contributed by atoms with E-state index < -0.39 is 5.60 Å². The van der Waals surface area contributed by atoms with Crippen LogP contribution in [-0.2, 0) is 19.1 Å². The summed E-state index contributed by atoms with van der Waals surface area (Å²) in [5.74, 6) is 3.10. The fourth-order valence-corrected chi connectivity index (χ4v) is 5.05. The maximum absolute atomic E-state index is 12.3. The van der Waals surface area contributed by atoms with Crippen LogP contribution in [0.2, 0.25) is 10.0 Å². The van der Waals surface area contributed by atoms with Crippen LogP contribution in [0.5, 0.6) is 5.88 Å².